The highest BCUT2D eigenvalue weighted by molar-refractivity contribution is 5.90. The molecule has 1 aliphatic heterocycles. The molecule has 3 aromatic heterocycles. The molecule has 0 saturated carbocycles. The minimum absolute atomic E-state index is 0.0689. The molecular formula is C17H18N6O. The third-order valence-corrected chi connectivity index (χ3v) is 4.24. The number of nitrogens with zero attached hydrogens (tertiary/aromatic N) is 5. The molecule has 4 rings (SSSR count). The molecule has 0 spiro atoms. The predicted octanol–water partition coefficient (Wildman–Crippen LogP) is 1.44. The van der Waals surface area contributed by atoms with Crippen molar-refractivity contribution in [1.29, 1.82) is 0 Å². The summed E-state index contributed by atoms with van der Waals surface area (Å²) in [5, 5.41) is 3.02. The van der Waals surface area contributed by atoms with E-state index in [0.29, 0.717) is 0 Å². The molecule has 7 heteroatoms. The Kier molecular flexibility index (Phi) is 3.60. The minimum Gasteiger partial charge on any atom is -0.353 e. The maximum absolute atomic E-state index is 12.3. The van der Waals surface area contributed by atoms with Gasteiger partial charge in [-0.3, -0.25) is 4.79 Å². The summed E-state index contributed by atoms with van der Waals surface area (Å²) in [4.78, 5) is 27.1. The first-order valence-electron chi connectivity index (χ1n) is 7.97. The highest BCUT2D eigenvalue weighted by atomic mass is 16.2. The number of carbonyl (C=O) groups is 1. The summed E-state index contributed by atoms with van der Waals surface area (Å²) in [5.74, 6) is 0.937. The van der Waals surface area contributed by atoms with E-state index < -0.39 is 0 Å². The third kappa shape index (κ3) is 2.68. The first-order valence-corrected chi connectivity index (χ1v) is 7.97. The van der Waals surface area contributed by atoms with E-state index >= 15 is 0 Å². The molecule has 1 atom stereocenters. The number of hydrogen-bond donors (Lipinski definition) is 1. The summed E-state index contributed by atoms with van der Waals surface area (Å²) in [7, 11) is 0. The summed E-state index contributed by atoms with van der Waals surface area (Å²) in [6, 6.07) is 4.12. The van der Waals surface area contributed by atoms with E-state index in [2.05, 4.69) is 25.2 Å². The van der Waals surface area contributed by atoms with Gasteiger partial charge in [0.2, 0.25) is 5.82 Å². The van der Waals surface area contributed by atoms with Crippen molar-refractivity contribution < 1.29 is 4.79 Å². The molecule has 3 aromatic rings. The molecular weight excluding hydrogens is 304 g/mol. The van der Waals surface area contributed by atoms with Gasteiger partial charge in [-0.25, -0.2) is 15.0 Å². The van der Waals surface area contributed by atoms with Crippen LogP contribution < -0.4 is 10.2 Å². The van der Waals surface area contributed by atoms with Crippen molar-refractivity contribution in [3.8, 4) is 0 Å². The molecule has 4 heterocycles. The van der Waals surface area contributed by atoms with E-state index in [1.165, 1.54) is 0 Å². The van der Waals surface area contributed by atoms with E-state index in [9.17, 15) is 4.79 Å². The summed E-state index contributed by atoms with van der Waals surface area (Å²) in [6.45, 7) is 3.48. The number of hydrogen-bond acceptors (Lipinski definition) is 5. The van der Waals surface area contributed by atoms with Crippen molar-refractivity contribution in [3.63, 3.8) is 0 Å². The maximum Gasteiger partial charge on any atom is 0.289 e. The number of nitrogens with one attached hydrogen (secondary N) is 1. The molecule has 1 N–H and O–H groups in total. The van der Waals surface area contributed by atoms with Crippen LogP contribution in [0.3, 0.4) is 0 Å². The van der Waals surface area contributed by atoms with Crippen LogP contribution in [0, 0.1) is 6.92 Å². The third-order valence-electron chi connectivity index (χ3n) is 4.24. The molecule has 0 radical (unpaired) electrons. The van der Waals surface area contributed by atoms with Gasteiger partial charge in [0.15, 0.2) is 5.82 Å². The lowest BCUT2D eigenvalue weighted by Crippen LogP contribution is -2.38. The second-order valence-electron chi connectivity index (χ2n) is 6.04. The lowest BCUT2D eigenvalue weighted by Gasteiger charge is -2.18. The Bertz CT molecular complexity index is 872. The zero-order valence-electron chi connectivity index (χ0n) is 13.4. The van der Waals surface area contributed by atoms with E-state index in [-0.39, 0.29) is 17.8 Å². The van der Waals surface area contributed by atoms with Crippen molar-refractivity contribution in [2.45, 2.75) is 19.4 Å². The Morgan fingerprint density at radius 3 is 2.92 bits per heavy atom. The molecule has 122 valence electrons. The van der Waals surface area contributed by atoms with Gasteiger partial charge in [-0.1, -0.05) is 0 Å². The van der Waals surface area contributed by atoms with E-state index in [1.807, 2.05) is 35.9 Å². The molecule has 1 unspecified atom stereocenters. The van der Waals surface area contributed by atoms with Crippen LogP contribution in [0.25, 0.3) is 5.52 Å². The van der Waals surface area contributed by atoms with Crippen molar-refractivity contribution in [2.24, 2.45) is 0 Å². The van der Waals surface area contributed by atoms with Crippen LogP contribution in [-0.4, -0.2) is 44.4 Å². The fourth-order valence-electron chi connectivity index (χ4n) is 3.03. The highest BCUT2D eigenvalue weighted by Crippen LogP contribution is 2.23. The molecule has 7 nitrogen and oxygen atoms in total. The smallest absolute Gasteiger partial charge is 0.289 e. The van der Waals surface area contributed by atoms with Gasteiger partial charge >= 0.3 is 0 Å². The van der Waals surface area contributed by atoms with Crippen LogP contribution in [0.2, 0.25) is 0 Å². The predicted molar refractivity (Wildman–Crippen MR) is 90.0 cm³/mol. The summed E-state index contributed by atoms with van der Waals surface area (Å²) in [6.07, 6.45) is 9.92. The van der Waals surface area contributed by atoms with Crippen molar-refractivity contribution in [2.75, 3.05) is 18.0 Å². The normalized spacial score (nSPS) is 17.4. The molecule has 0 aliphatic carbocycles. The van der Waals surface area contributed by atoms with Gasteiger partial charge in [0.25, 0.3) is 5.91 Å². The van der Waals surface area contributed by atoms with Crippen LogP contribution in [0.15, 0.2) is 43.1 Å². The highest BCUT2D eigenvalue weighted by Gasteiger charge is 2.26. The zero-order valence-corrected chi connectivity index (χ0v) is 13.4. The fraction of sp³-hybridized carbons (Fsp3) is 0.294. The quantitative estimate of drug-likeness (QED) is 0.790. The molecule has 1 amide bonds. The van der Waals surface area contributed by atoms with Gasteiger partial charge in [0, 0.05) is 50.1 Å². The Labute approximate surface area is 139 Å². The van der Waals surface area contributed by atoms with Crippen molar-refractivity contribution >= 4 is 17.2 Å². The number of carbonyl (C=O) groups excluding carboxylic acids is 1. The van der Waals surface area contributed by atoms with Gasteiger partial charge in [-0.15, -0.1) is 0 Å². The number of fused-ring (bicyclic) bond motifs is 1. The molecule has 1 saturated heterocycles. The van der Waals surface area contributed by atoms with E-state index in [1.54, 1.807) is 18.6 Å². The first-order chi connectivity index (χ1) is 11.7. The minimum atomic E-state index is -0.226. The van der Waals surface area contributed by atoms with Crippen molar-refractivity contribution in [1.82, 2.24) is 24.7 Å². The van der Waals surface area contributed by atoms with Crippen LogP contribution in [0.5, 0.6) is 0 Å². The van der Waals surface area contributed by atoms with Crippen LogP contribution >= 0.6 is 0 Å². The number of rotatable bonds is 3. The van der Waals surface area contributed by atoms with Crippen LogP contribution in [0.4, 0.5) is 5.82 Å². The fourth-order valence-corrected chi connectivity index (χ4v) is 3.03. The first kappa shape index (κ1) is 14.6. The summed E-state index contributed by atoms with van der Waals surface area (Å²) < 4.78 is 2.05. The standard InChI is InChI=1S/C17H18N6O/c1-12-9-19-15(20-10-12)17(24)21-13-4-7-23(11-13)16-14-3-2-6-22(14)8-5-18-16/h2-3,5-6,8-10,13H,4,7,11H2,1H3,(H,21,24). The second kappa shape index (κ2) is 5.92. The molecule has 24 heavy (non-hydrogen) atoms. The number of amides is 1. The number of aryl methyl sites for hydroxylation is 1. The molecule has 1 fully saturated rings. The number of anilines is 1. The van der Waals surface area contributed by atoms with Gasteiger partial charge < -0.3 is 14.6 Å². The topological polar surface area (TPSA) is 75.4 Å². The monoisotopic (exact) mass is 322 g/mol. The van der Waals surface area contributed by atoms with Crippen LogP contribution in [-0.2, 0) is 0 Å². The van der Waals surface area contributed by atoms with Gasteiger partial charge in [0.05, 0.1) is 5.52 Å². The molecule has 1 aliphatic rings. The average Bonchev–Trinajstić information content (AvgIpc) is 3.24. The second-order valence-corrected chi connectivity index (χ2v) is 6.04. The average molecular weight is 322 g/mol. The Balaban J connectivity index is 1.46. The van der Waals surface area contributed by atoms with Crippen molar-refractivity contribution in [3.05, 3.63) is 54.5 Å². The van der Waals surface area contributed by atoms with Crippen LogP contribution in [0.1, 0.15) is 22.6 Å². The van der Waals surface area contributed by atoms with Gasteiger partial charge in [0.1, 0.15) is 0 Å². The van der Waals surface area contributed by atoms with Gasteiger partial charge in [-0.2, -0.15) is 0 Å². The summed E-state index contributed by atoms with van der Waals surface area (Å²) >= 11 is 0. The van der Waals surface area contributed by atoms with E-state index in [0.717, 1.165) is 36.4 Å². The Morgan fingerprint density at radius 2 is 2.08 bits per heavy atom. The number of aromatic nitrogens is 4. The summed E-state index contributed by atoms with van der Waals surface area (Å²) in [5.41, 5.74) is 2.01. The lowest BCUT2D eigenvalue weighted by atomic mass is 10.2. The Hall–Kier alpha value is -2.96. The van der Waals surface area contributed by atoms with Gasteiger partial charge in [-0.05, 0) is 31.0 Å². The maximum atomic E-state index is 12.3. The zero-order chi connectivity index (χ0) is 16.5. The lowest BCUT2D eigenvalue weighted by molar-refractivity contribution is 0.0930. The largest absolute Gasteiger partial charge is 0.353 e. The molecule has 0 aromatic carbocycles. The SMILES string of the molecule is Cc1cnc(C(=O)NC2CCN(c3nccn4cccc34)C2)nc1. The molecule has 0 bridgehead atoms. The Morgan fingerprint density at radius 1 is 1.25 bits per heavy atom. The van der Waals surface area contributed by atoms with E-state index in [4.69, 9.17) is 0 Å².